The lowest BCUT2D eigenvalue weighted by Crippen LogP contribution is -2.25. The zero-order valence-electron chi connectivity index (χ0n) is 12.0. The van der Waals surface area contributed by atoms with E-state index in [4.69, 9.17) is 0 Å². The molecule has 0 aliphatic heterocycles. The van der Waals surface area contributed by atoms with Gasteiger partial charge in [0.15, 0.2) is 0 Å². The second-order valence-corrected chi connectivity index (χ2v) is 4.74. The zero-order chi connectivity index (χ0) is 15.5. The number of hydrogen-bond acceptors (Lipinski definition) is 4. The van der Waals surface area contributed by atoms with E-state index >= 15 is 0 Å². The number of aromatic nitrogens is 3. The van der Waals surface area contributed by atoms with Crippen LogP contribution in [0.1, 0.15) is 17.4 Å². The molecule has 1 N–H and O–H groups in total. The number of carbonyl (C=O) groups excluding carboxylic acids is 1. The van der Waals surface area contributed by atoms with Gasteiger partial charge in [0.05, 0.1) is 17.4 Å². The third-order valence-corrected chi connectivity index (χ3v) is 3.25. The van der Waals surface area contributed by atoms with E-state index in [-0.39, 0.29) is 17.2 Å². The lowest BCUT2D eigenvalue weighted by atomic mass is 10.2. The van der Waals surface area contributed by atoms with Crippen LogP contribution in [0, 0.1) is 0 Å². The summed E-state index contributed by atoms with van der Waals surface area (Å²) in [5.74, 6) is -0.376. The molecule has 0 radical (unpaired) electrons. The van der Waals surface area contributed by atoms with Crippen molar-refractivity contribution in [2.45, 2.75) is 13.5 Å². The maximum atomic E-state index is 12.2. The van der Waals surface area contributed by atoms with Crippen molar-refractivity contribution in [2.75, 3.05) is 5.32 Å². The Bertz CT molecular complexity index is 902. The number of amides is 1. The van der Waals surface area contributed by atoms with Crippen molar-refractivity contribution in [1.29, 1.82) is 0 Å². The van der Waals surface area contributed by atoms with Crippen LogP contribution in [0.3, 0.4) is 0 Å². The van der Waals surface area contributed by atoms with E-state index in [1.165, 1.54) is 16.8 Å². The summed E-state index contributed by atoms with van der Waals surface area (Å²) >= 11 is 0. The highest BCUT2D eigenvalue weighted by atomic mass is 16.2. The topological polar surface area (TPSA) is 76.9 Å². The number of aryl methyl sites for hydroxylation is 1. The summed E-state index contributed by atoms with van der Waals surface area (Å²) < 4.78 is 1.24. The average Bonchev–Trinajstić information content (AvgIpc) is 2.55. The minimum absolute atomic E-state index is 0.189. The largest absolute Gasteiger partial charge is 0.319 e. The van der Waals surface area contributed by atoms with E-state index in [0.717, 1.165) is 10.9 Å². The number of nitrogens with one attached hydrogen (secondary N) is 1. The molecule has 6 heteroatoms. The van der Waals surface area contributed by atoms with Gasteiger partial charge in [0, 0.05) is 18.0 Å². The first-order valence-corrected chi connectivity index (χ1v) is 6.91. The Morgan fingerprint density at radius 3 is 2.86 bits per heavy atom. The third-order valence-electron chi connectivity index (χ3n) is 3.25. The number of fused-ring (bicyclic) bond motifs is 1. The van der Waals surface area contributed by atoms with E-state index in [9.17, 15) is 9.59 Å². The fraction of sp³-hybridized carbons (Fsp3) is 0.125. The molecule has 0 bridgehead atoms. The molecule has 0 saturated heterocycles. The molecule has 2 aromatic heterocycles. The monoisotopic (exact) mass is 294 g/mol. The Labute approximate surface area is 126 Å². The molecule has 22 heavy (non-hydrogen) atoms. The van der Waals surface area contributed by atoms with E-state index in [1.807, 2.05) is 30.3 Å². The van der Waals surface area contributed by atoms with Crippen molar-refractivity contribution in [1.82, 2.24) is 14.8 Å². The first-order chi connectivity index (χ1) is 10.7. The highest BCUT2D eigenvalue weighted by molar-refractivity contribution is 6.03. The molecule has 1 amide bonds. The van der Waals surface area contributed by atoms with Gasteiger partial charge in [0.25, 0.3) is 11.5 Å². The van der Waals surface area contributed by atoms with Crippen molar-refractivity contribution >= 4 is 22.5 Å². The van der Waals surface area contributed by atoms with Crippen LogP contribution < -0.4 is 10.9 Å². The van der Waals surface area contributed by atoms with Crippen molar-refractivity contribution in [3.8, 4) is 0 Å². The molecule has 0 saturated carbocycles. The Morgan fingerprint density at radius 2 is 2.05 bits per heavy atom. The maximum Gasteiger partial charge on any atom is 0.276 e. The number of benzene rings is 1. The van der Waals surface area contributed by atoms with Crippen LogP contribution in [0.25, 0.3) is 10.9 Å². The van der Waals surface area contributed by atoms with Crippen molar-refractivity contribution in [2.24, 2.45) is 0 Å². The molecule has 3 aromatic rings. The summed E-state index contributed by atoms with van der Waals surface area (Å²) in [6.07, 6.45) is 1.59. The molecular weight excluding hydrogens is 280 g/mol. The minimum atomic E-state index is -0.376. The number of hydrogen-bond donors (Lipinski definition) is 1. The summed E-state index contributed by atoms with van der Waals surface area (Å²) in [5, 5.41) is 7.70. The van der Waals surface area contributed by atoms with Crippen LogP contribution >= 0.6 is 0 Å². The van der Waals surface area contributed by atoms with Crippen LogP contribution in [-0.4, -0.2) is 20.7 Å². The molecule has 2 heterocycles. The van der Waals surface area contributed by atoms with Gasteiger partial charge in [-0.2, -0.15) is 5.10 Å². The molecule has 3 rings (SSSR count). The van der Waals surface area contributed by atoms with E-state index in [2.05, 4.69) is 15.4 Å². The zero-order valence-corrected chi connectivity index (χ0v) is 12.0. The van der Waals surface area contributed by atoms with Gasteiger partial charge in [-0.15, -0.1) is 0 Å². The second-order valence-electron chi connectivity index (χ2n) is 4.74. The summed E-state index contributed by atoms with van der Waals surface area (Å²) in [4.78, 5) is 28.0. The van der Waals surface area contributed by atoms with Crippen LogP contribution in [0.4, 0.5) is 5.69 Å². The smallest absolute Gasteiger partial charge is 0.276 e. The fourth-order valence-corrected chi connectivity index (χ4v) is 2.13. The lowest BCUT2D eigenvalue weighted by molar-refractivity contribution is 0.102. The molecule has 0 aliphatic carbocycles. The van der Waals surface area contributed by atoms with E-state index in [0.29, 0.717) is 12.2 Å². The van der Waals surface area contributed by atoms with Gasteiger partial charge < -0.3 is 5.32 Å². The van der Waals surface area contributed by atoms with E-state index in [1.54, 1.807) is 13.1 Å². The highest BCUT2D eigenvalue weighted by Gasteiger charge is 2.10. The minimum Gasteiger partial charge on any atom is -0.319 e. The van der Waals surface area contributed by atoms with Crippen molar-refractivity contribution in [3.63, 3.8) is 0 Å². The quantitative estimate of drug-likeness (QED) is 0.802. The number of rotatable bonds is 3. The van der Waals surface area contributed by atoms with Gasteiger partial charge in [-0.3, -0.25) is 14.6 Å². The van der Waals surface area contributed by atoms with Gasteiger partial charge in [0.2, 0.25) is 0 Å². The van der Waals surface area contributed by atoms with E-state index < -0.39 is 0 Å². The van der Waals surface area contributed by atoms with Gasteiger partial charge in [-0.25, -0.2) is 4.68 Å². The standard InChI is InChI=1S/C16H14N4O2/c1-2-20-15(21)8-7-14(19-20)16(22)18-12-9-11-5-3-4-6-13(11)17-10-12/h3-10H,2H2,1H3,(H,18,22). The molecule has 6 nitrogen and oxygen atoms in total. The molecule has 0 unspecified atom stereocenters. The third kappa shape index (κ3) is 2.71. The molecular formula is C16H14N4O2. The van der Waals surface area contributed by atoms with Crippen LogP contribution in [-0.2, 0) is 6.54 Å². The van der Waals surface area contributed by atoms with Crippen LogP contribution in [0.2, 0.25) is 0 Å². The lowest BCUT2D eigenvalue weighted by Gasteiger charge is -2.07. The number of pyridine rings is 1. The second kappa shape index (κ2) is 5.77. The van der Waals surface area contributed by atoms with Crippen LogP contribution in [0.15, 0.2) is 53.5 Å². The predicted molar refractivity (Wildman–Crippen MR) is 83.9 cm³/mol. The molecule has 0 atom stereocenters. The first-order valence-electron chi connectivity index (χ1n) is 6.91. The molecule has 0 spiro atoms. The highest BCUT2D eigenvalue weighted by Crippen LogP contribution is 2.16. The van der Waals surface area contributed by atoms with Crippen molar-refractivity contribution in [3.05, 3.63) is 64.7 Å². The van der Waals surface area contributed by atoms with Gasteiger partial charge in [-0.05, 0) is 25.1 Å². The van der Waals surface area contributed by atoms with Gasteiger partial charge >= 0.3 is 0 Å². The van der Waals surface area contributed by atoms with Gasteiger partial charge in [-0.1, -0.05) is 18.2 Å². The Balaban J connectivity index is 1.87. The molecule has 1 aromatic carbocycles. The SMILES string of the molecule is CCn1nc(C(=O)Nc2cnc3ccccc3c2)ccc1=O. The number of para-hydroxylation sites is 1. The Kier molecular flexibility index (Phi) is 3.65. The van der Waals surface area contributed by atoms with Gasteiger partial charge in [0.1, 0.15) is 5.69 Å². The summed E-state index contributed by atoms with van der Waals surface area (Å²) in [7, 11) is 0. The molecule has 110 valence electrons. The number of nitrogens with zero attached hydrogens (tertiary/aromatic N) is 3. The molecule has 0 fully saturated rings. The molecule has 0 aliphatic rings. The fourth-order valence-electron chi connectivity index (χ4n) is 2.13. The summed E-state index contributed by atoms with van der Waals surface area (Å²) in [6.45, 7) is 2.21. The normalized spacial score (nSPS) is 10.6. The average molecular weight is 294 g/mol. The number of carbonyl (C=O) groups is 1. The summed E-state index contributed by atoms with van der Waals surface area (Å²) in [5.41, 5.74) is 1.40. The van der Waals surface area contributed by atoms with Crippen LogP contribution in [0.5, 0.6) is 0 Å². The predicted octanol–water partition coefficient (Wildman–Crippen LogP) is 2.06. The van der Waals surface area contributed by atoms with Crippen molar-refractivity contribution < 1.29 is 4.79 Å². The summed E-state index contributed by atoms with van der Waals surface area (Å²) in [6, 6.07) is 12.2. The Hall–Kier alpha value is -3.02. The Morgan fingerprint density at radius 1 is 1.23 bits per heavy atom. The maximum absolute atomic E-state index is 12.2. The first kappa shape index (κ1) is 13.9. The number of anilines is 1.